The topological polar surface area (TPSA) is 72.3 Å². The minimum Gasteiger partial charge on any atom is -0.497 e. The van der Waals surface area contributed by atoms with Crippen LogP contribution in [-0.4, -0.2) is 45.8 Å². The number of ether oxygens (including phenoxy) is 1. The zero-order valence-electron chi connectivity index (χ0n) is 17.3. The normalized spacial score (nSPS) is 20.2. The van der Waals surface area contributed by atoms with Gasteiger partial charge in [-0.05, 0) is 42.2 Å². The van der Waals surface area contributed by atoms with Crippen LogP contribution in [0.25, 0.3) is 0 Å². The molecule has 0 unspecified atom stereocenters. The van der Waals surface area contributed by atoms with Gasteiger partial charge in [0.25, 0.3) is 5.91 Å². The SMILES string of the molecule is COc1ccc(NC(=O)c2nnc3n2C[C@@H]2CN(Cc4ccccc4F)C[C@H]2C3)cc1. The summed E-state index contributed by atoms with van der Waals surface area (Å²) in [5, 5.41) is 11.3. The molecule has 2 atom stereocenters. The molecule has 7 nitrogen and oxygen atoms in total. The molecule has 5 rings (SSSR count). The number of carbonyl (C=O) groups is 1. The van der Waals surface area contributed by atoms with Crippen LogP contribution in [0.15, 0.2) is 48.5 Å². The fourth-order valence-electron chi connectivity index (χ4n) is 4.65. The smallest absolute Gasteiger partial charge is 0.293 e. The summed E-state index contributed by atoms with van der Waals surface area (Å²) in [6, 6.07) is 14.1. The van der Waals surface area contributed by atoms with E-state index in [1.54, 1.807) is 37.4 Å². The Bertz CT molecular complexity index is 1100. The summed E-state index contributed by atoms with van der Waals surface area (Å²) in [5.41, 5.74) is 1.40. The lowest BCUT2D eigenvalue weighted by Crippen LogP contribution is -2.31. The van der Waals surface area contributed by atoms with Gasteiger partial charge in [-0.1, -0.05) is 18.2 Å². The first-order valence-corrected chi connectivity index (χ1v) is 10.4. The van der Waals surface area contributed by atoms with Crippen LogP contribution >= 0.6 is 0 Å². The lowest BCUT2D eigenvalue weighted by atomic mass is 9.89. The molecule has 1 aromatic heterocycles. The van der Waals surface area contributed by atoms with E-state index in [4.69, 9.17) is 4.74 Å². The maximum Gasteiger partial charge on any atom is 0.293 e. The van der Waals surface area contributed by atoms with Crippen molar-refractivity contribution in [2.45, 2.75) is 19.5 Å². The van der Waals surface area contributed by atoms with Crippen LogP contribution in [0, 0.1) is 17.7 Å². The number of nitrogens with zero attached hydrogens (tertiary/aromatic N) is 4. The van der Waals surface area contributed by atoms with Crippen LogP contribution in [0.3, 0.4) is 0 Å². The van der Waals surface area contributed by atoms with Crippen molar-refractivity contribution in [1.29, 1.82) is 0 Å². The number of benzene rings is 2. The molecule has 0 spiro atoms. The summed E-state index contributed by atoms with van der Waals surface area (Å²) in [5.74, 6) is 2.30. The van der Waals surface area contributed by atoms with Crippen molar-refractivity contribution in [2.24, 2.45) is 11.8 Å². The number of halogens is 1. The quantitative estimate of drug-likeness (QED) is 0.686. The minimum atomic E-state index is -0.274. The molecule has 1 amide bonds. The first-order chi connectivity index (χ1) is 15.1. The molecule has 0 radical (unpaired) electrons. The van der Waals surface area contributed by atoms with Gasteiger partial charge in [-0.2, -0.15) is 0 Å². The van der Waals surface area contributed by atoms with Crippen molar-refractivity contribution in [3.63, 3.8) is 0 Å². The zero-order valence-corrected chi connectivity index (χ0v) is 17.3. The highest BCUT2D eigenvalue weighted by molar-refractivity contribution is 6.01. The number of methoxy groups -OCH3 is 1. The third-order valence-electron chi connectivity index (χ3n) is 6.24. The fraction of sp³-hybridized carbons (Fsp3) is 0.348. The van der Waals surface area contributed by atoms with Gasteiger partial charge < -0.3 is 14.6 Å². The Morgan fingerprint density at radius 3 is 2.65 bits per heavy atom. The summed E-state index contributed by atoms with van der Waals surface area (Å²) in [4.78, 5) is 15.1. The number of anilines is 1. The van der Waals surface area contributed by atoms with Gasteiger partial charge in [-0.3, -0.25) is 9.69 Å². The lowest BCUT2D eigenvalue weighted by Gasteiger charge is -2.25. The molecule has 8 heteroatoms. The number of amides is 1. The van der Waals surface area contributed by atoms with Crippen molar-refractivity contribution in [3.05, 3.63) is 71.6 Å². The van der Waals surface area contributed by atoms with E-state index in [-0.39, 0.29) is 11.7 Å². The van der Waals surface area contributed by atoms with Crippen molar-refractivity contribution in [1.82, 2.24) is 19.7 Å². The van der Waals surface area contributed by atoms with E-state index < -0.39 is 0 Å². The predicted octanol–water partition coefficient (Wildman–Crippen LogP) is 2.98. The summed E-state index contributed by atoms with van der Waals surface area (Å²) in [6.45, 7) is 3.08. The van der Waals surface area contributed by atoms with Crippen molar-refractivity contribution < 1.29 is 13.9 Å². The Morgan fingerprint density at radius 1 is 1.10 bits per heavy atom. The number of fused-ring (bicyclic) bond motifs is 2. The summed E-state index contributed by atoms with van der Waals surface area (Å²) in [7, 11) is 1.60. The first kappa shape index (κ1) is 19.7. The highest BCUT2D eigenvalue weighted by atomic mass is 19.1. The number of carbonyl (C=O) groups excluding carboxylic acids is 1. The Kier molecular flexibility index (Phi) is 5.15. The van der Waals surface area contributed by atoms with Gasteiger partial charge in [-0.25, -0.2) is 4.39 Å². The largest absolute Gasteiger partial charge is 0.497 e. The molecule has 0 saturated carbocycles. The van der Waals surface area contributed by atoms with E-state index in [1.165, 1.54) is 6.07 Å². The van der Waals surface area contributed by atoms with Crippen molar-refractivity contribution >= 4 is 11.6 Å². The van der Waals surface area contributed by atoms with Crippen LogP contribution in [0.4, 0.5) is 10.1 Å². The third-order valence-corrected chi connectivity index (χ3v) is 6.24. The van der Waals surface area contributed by atoms with Crippen LogP contribution in [0.1, 0.15) is 22.0 Å². The van der Waals surface area contributed by atoms with Crippen LogP contribution in [-0.2, 0) is 19.5 Å². The highest BCUT2D eigenvalue weighted by Crippen LogP contribution is 2.33. The van der Waals surface area contributed by atoms with Gasteiger partial charge in [0, 0.05) is 43.9 Å². The molecular weight excluding hydrogens is 397 g/mol. The molecule has 2 aromatic carbocycles. The third kappa shape index (κ3) is 3.90. The van der Waals surface area contributed by atoms with Gasteiger partial charge in [0.15, 0.2) is 0 Å². The molecule has 0 bridgehead atoms. The molecule has 160 valence electrons. The molecule has 1 saturated heterocycles. The van der Waals surface area contributed by atoms with Crippen LogP contribution in [0.5, 0.6) is 5.75 Å². The fourth-order valence-corrected chi connectivity index (χ4v) is 4.65. The molecular formula is C23H24FN5O2. The molecule has 3 heterocycles. The number of hydrogen-bond donors (Lipinski definition) is 1. The average molecular weight is 421 g/mol. The molecule has 3 aromatic rings. The number of nitrogens with one attached hydrogen (secondary N) is 1. The lowest BCUT2D eigenvalue weighted by molar-refractivity contribution is 0.100. The number of likely N-dealkylation sites (tertiary alicyclic amines) is 1. The van der Waals surface area contributed by atoms with E-state index in [0.29, 0.717) is 36.4 Å². The Hall–Kier alpha value is -3.26. The van der Waals surface area contributed by atoms with Gasteiger partial charge in [0.1, 0.15) is 17.4 Å². The number of aromatic nitrogens is 3. The predicted molar refractivity (Wildman–Crippen MR) is 113 cm³/mol. The van der Waals surface area contributed by atoms with Crippen LogP contribution in [0.2, 0.25) is 0 Å². The average Bonchev–Trinajstić information content (AvgIpc) is 3.37. The van der Waals surface area contributed by atoms with Gasteiger partial charge in [-0.15, -0.1) is 10.2 Å². The second-order valence-electron chi connectivity index (χ2n) is 8.24. The zero-order chi connectivity index (χ0) is 21.4. The van der Waals surface area contributed by atoms with E-state index in [0.717, 1.165) is 36.6 Å². The Balaban J connectivity index is 1.27. The van der Waals surface area contributed by atoms with E-state index in [1.807, 2.05) is 16.7 Å². The maximum absolute atomic E-state index is 14.0. The van der Waals surface area contributed by atoms with Gasteiger partial charge in [0.05, 0.1) is 7.11 Å². The molecule has 1 fully saturated rings. The molecule has 1 N–H and O–H groups in total. The second kappa shape index (κ2) is 8.11. The first-order valence-electron chi connectivity index (χ1n) is 10.4. The van der Waals surface area contributed by atoms with E-state index in [2.05, 4.69) is 20.4 Å². The van der Waals surface area contributed by atoms with Crippen molar-refractivity contribution in [3.8, 4) is 5.75 Å². The van der Waals surface area contributed by atoms with Gasteiger partial charge >= 0.3 is 0 Å². The molecule has 2 aliphatic rings. The maximum atomic E-state index is 14.0. The van der Waals surface area contributed by atoms with E-state index in [9.17, 15) is 9.18 Å². The second-order valence-corrected chi connectivity index (χ2v) is 8.24. The van der Waals surface area contributed by atoms with Crippen molar-refractivity contribution in [2.75, 3.05) is 25.5 Å². The van der Waals surface area contributed by atoms with Crippen LogP contribution < -0.4 is 10.1 Å². The van der Waals surface area contributed by atoms with E-state index >= 15 is 0 Å². The monoisotopic (exact) mass is 421 g/mol. The molecule has 0 aliphatic carbocycles. The molecule has 2 aliphatic heterocycles. The molecule has 31 heavy (non-hydrogen) atoms. The summed E-state index contributed by atoms with van der Waals surface area (Å²) >= 11 is 0. The number of rotatable bonds is 5. The Morgan fingerprint density at radius 2 is 1.87 bits per heavy atom. The summed E-state index contributed by atoms with van der Waals surface area (Å²) < 4.78 is 21.1. The number of hydrogen-bond acceptors (Lipinski definition) is 5. The standard InChI is InChI=1S/C23H24FN5O2/c1-31-19-8-6-18(7-9-19)25-23(30)22-27-26-21-10-16-12-28(13-17(16)14-29(21)22)11-15-4-2-3-5-20(15)24/h2-9,16-17H,10-14H2,1H3,(H,25,30)/t16-,17+/m1/s1. The minimum absolute atomic E-state index is 0.160. The highest BCUT2D eigenvalue weighted by Gasteiger charge is 2.39. The Labute approximate surface area is 179 Å². The summed E-state index contributed by atoms with van der Waals surface area (Å²) in [6.07, 6.45) is 0.779. The van der Waals surface area contributed by atoms with Gasteiger partial charge in [0.2, 0.25) is 5.82 Å².